The molecule has 0 unspecified atom stereocenters. The number of piperazine rings is 1. The molecule has 1 saturated heterocycles. The predicted molar refractivity (Wildman–Crippen MR) is 129 cm³/mol. The topological polar surface area (TPSA) is 79.2 Å². The zero-order valence-electron chi connectivity index (χ0n) is 19.2. The summed E-state index contributed by atoms with van der Waals surface area (Å²) in [7, 11) is 0. The fraction of sp³-hybridized carbons (Fsp3) is 0.231. The van der Waals surface area contributed by atoms with Crippen molar-refractivity contribution in [3.05, 3.63) is 108 Å². The van der Waals surface area contributed by atoms with Crippen molar-refractivity contribution in [1.29, 1.82) is 0 Å². The van der Waals surface area contributed by atoms with E-state index in [9.17, 15) is 9.18 Å². The number of hydrogen-bond donors (Lipinski definition) is 1. The van der Waals surface area contributed by atoms with Crippen LogP contribution in [-0.4, -0.2) is 62.2 Å². The van der Waals surface area contributed by atoms with Crippen molar-refractivity contribution in [3.8, 4) is 5.69 Å². The van der Waals surface area contributed by atoms with E-state index >= 15 is 0 Å². The summed E-state index contributed by atoms with van der Waals surface area (Å²) >= 11 is 0. The van der Waals surface area contributed by atoms with Gasteiger partial charge in [-0.1, -0.05) is 60.7 Å². The van der Waals surface area contributed by atoms with Crippen molar-refractivity contribution >= 4 is 6.03 Å². The predicted octanol–water partition coefficient (Wildman–Crippen LogP) is 3.42. The lowest BCUT2D eigenvalue weighted by Crippen LogP contribution is -2.52. The molecule has 4 aromatic rings. The highest BCUT2D eigenvalue weighted by molar-refractivity contribution is 5.75. The number of benzene rings is 3. The van der Waals surface area contributed by atoms with Gasteiger partial charge in [-0.3, -0.25) is 4.90 Å². The van der Waals surface area contributed by atoms with Crippen molar-refractivity contribution in [2.24, 2.45) is 0 Å². The smallest absolute Gasteiger partial charge is 0.318 e. The number of amides is 2. The number of rotatable bonds is 6. The molecule has 0 aliphatic carbocycles. The third-order valence-electron chi connectivity index (χ3n) is 6.16. The van der Waals surface area contributed by atoms with E-state index in [2.05, 4.69) is 25.7 Å². The number of nitrogens with zero attached hydrogens (tertiary/aromatic N) is 6. The minimum atomic E-state index is -0.306. The Hall–Kier alpha value is -4.11. The molecule has 0 radical (unpaired) electrons. The molecule has 2 amide bonds. The number of halogens is 1. The molecule has 1 aromatic heterocycles. The van der Waals surface area contributed by atoms with Crippen LogP contribution in [0.25, 0.3) is 5.69 Å². The van der Waals surface area contributed by atoms with Gasteiger partial charge in [0.2, 0.25) is 0 Å². The van der Waals surface area contributed by atoms with Crippen LogP contribution in [-0.2, 0) is 6.54 Å². The Morgan fingerprint density at radius 3 is 2.06 bits per heavy atom. The monoisotopic (exact) mass is 471 g/mol. The largest absolute Gasteiger partial charge is 0.327 e. The quantitative estimate of drug-likeness (QED) is 0.466. The molecule has 0 bridgehead atoms. The van der Waals surface area contributed by atoms with Crippen molar-refractivity contribution in [2.45, 2.75) is 12.6 Å². The summed E-state index contributed by atoms with van der Waals surface area (Å²) in [6.45, 7) is 3.13. The van der Waals surface area contributed by atoms with Crippen LogP contribution in [0.4, 0.5) is 9.18 Å². The summed E-state index contributed by atoms with van der Waals surface area (Å²) in [6, 6.07) is 25.7. The Morgan fingerprint density at radius 1 is 0.857 bits per heavy atom. The van der Waals surface area contributed by atoms with Crippen molar-refractivity contribution in [3.63, 3.8) is 0 Å². The van der Waals surface area contributed by atoms with Gasteiger partial charge in [-0.2, -0.15) is 4.68 Å². The third-order valence-corrected chi connectivity index (χ3v) is 6.16. The van der Waals surface area contributed by atoms with Crippen LogP contribution in [0.15, 0.2) is 84.9 Å². The fourth-order valence-electron chi connectivity index (χ4n) is 4.26. The molecule has 178 valence electrons. The van der Waals surface area contributed by atoms with Gasteiger partial charge in [0.05, 0.1) is 18.3 Å². The summed E-state index contributed by atoms with van der Waals surface area (Å²) < 4.78 is 14.9. The number of tetrazole rings is 1. The van der Waals surface area contributed by atoms with E-state index in [-0.39, 0.29) is 17.9 Å². The molecule has 0 atom stereocenters. The maximum absolute atomic E-state index is 13.3. The van der Waals surface area contributed by atoms with Gasteiger partial charge in [0, 0.05) is 26.2 Å². The third kappa shape index (κ3) is 5.36. The lowest BCUT2D eigenvalue weighted by molar-refractivity contribution is 0.132. The highest BCUT2D eigenvalue weighted by Gasteiger charge is 2.25. The SMILES string of the molecule is O=C(NC(c1ccccc1)c1ccccc1)N1CCN(Cc2nnnn2-c2ccc(F)cc2)CC1. The Bertz CT molecular complexity index is 1200. The van der Waals surface area contributed by atoms with Crippen LogP contribution in [0.3, 0.4) is 0 Å². The molecule has 1 fully saturated rings. The maximum atomic E-state index is 13.3. The van der Waals surface area contributed by atoms with Crippen molar-refractivity contribution in [1.82, 2.24) is 35.3 Å². The van der Waals surface area contributed by atoms with E-state index in [1.165, 1.54) is 12.1 Å². The molecule has 2 heterocycles. The summed E-state index contributed by atoms with van der Waals surface area (Å²) in [5.41, 5.74) is 2.79. The van der Waals surface area contributed by atoms with Gasteiger partial charge in [0.1, 0.15) is 5.82 Å². The van der Waals surface area contributed by atoms with Gasteiger partial charge in [-0.05, 0) is 45.8 Å². The molecule has 0 spiro atoms. The first-order valence-electron chi connectivity index (χ1n) is 11.6. The molecule has 1 aliphatic heterocycles. The average Bonchev–Trinajstić information content (AvgIpc) is 3.37. The number of carbonyl (C=O) groups is 1. The fourth-order valence-corrected chi connectivity index (χ4v) is 4.26. The number of hydrogen-bond acceptors (Lipinski definition) is 5. The van der Waals surface area contributed by atoms with Crippen LogP contribution in [0, 0.1) is 5.82 Å². The molecular formula is C26H26FN7O. The molecule has 0 saturated carbocycles. The number of aromatic nitrogens is 4. The minimum absolute atomic E-state index is 0.0847. The van der Waals surface area contributed by atoms with Gasteiger partial charge < -0.3 is 10.2 Å². The molecule has 35 heavy (non-hydrogen) atoms. The van der Waals surface area contributed by atoms with Crippen LogP contribution in [0.1, 0.15) is 23.0 Å². The van der Waals surface area contributed by atoms with Crippen LogP contribution in [0.5, 0.6) is 0 Å². The Labute approximate surface area is 203 Å². The normalized spacial score (nSPS) is 14.3. The van der Waals surface area contributed by atoms with Crippen LogP contribution in [0.2, 0.25) is 0 Å². The molecular weight excluding hydrogens is 445 g/mol. The van der Waals surface area contributed by atoms with E-state index in [1.807, 2.05) is 65.6 Å². The van der Waals surface area contributed by atoms with Crippen molar-refractivity contribution in [2.75, 3.05) is 26.2 Å². The number of nitrogens with one attached hydrogen (secondary N) is 1. The van der Waals surface area contributed by atoms with E-state index < -0.39 is 0 Å². The van der Waals surface area contributed by atoms with Gasteiger partial charge in [0.15, 0.2) is 5.82 Å². The summed E-state index contributed by atoms with van der Waals surface area (Å²) in [5, 5.41) is 15.2. The molecule has 5 rings (SSSR count). The first kappa shape index (κ1) is 22.7. The van der Waals surface area contributed by atoms with Gasteiger partial charge >= 0.3 is 6.03 Å². The van der Waals surface area contributed by atoms with E-state index in [0.717, 1.165) is 11.1 Å². The zero-order valence-corrected chi connectivity index (χ0v) is 19.2. The summed E-state index contributed by atoms with van der Waals surface area (Å²) in [5.74, 6) is 0.363. The molecule has 3 aromatic carbocycles. The second-order valence-corrected chi connectivity index (χ2v) is 8.45. The number of urea groups is 1. The highest BCUT2D eigenvalue weighted by atomic mass is 19.1. The van der Waals surface area contributed by atoms with E-state index in [4.69, 9.17) is 0 Å². The zero-order chi connectivity index (χ0) is 24.0. The molecule has 9 heteroatoms. The lowest BCUT2D eigenvalue weighted by atomic mass is 9.99. The van der Waals surface area contributed by atoms with Crippen LogP contribution >= 0.6 is 0 Å². The molecule has 1 aliphatic rings. The molecule has 8 nitrogen and oxygen atoms in total. The Kier molecular flexibility index (Phi) is 6.76. The Balaban J connectivity index is 1.21. The first-order valence-corrected chi connectivity index (χ1v) is 11.6. The van der Waals surface area contributed by atoms with Crippen LogP contribution < -0.4 is 5.32 Å². The van der Waals surface area contributed by atoms with Gasteiger partial charge in [-0.15, -0.1) is 5.10 Å². The van der Waals surface area contributed by atoms with E-state index in [1.54, 1.807) is 16.8 Å². The number of carbonyl (C=O) groups excluding carboxylic acids is 1. The van der Waals surface area contributed by atoms with Gasteiger partial charge in [0.25, 0.3) is 0 Å². The second kappa shape index (κ2) is 10.4. The minimum Gasteiger partial charge on any atom is -0.327 e. The lowest BCUT2D eigenvalue weighted by Gasteiger charge is -2.35. The second-order valence-electron chi connectivity index (χ2n) is 8.45. The summed E-state index contributed by atoms with van der Waals surface area (Å²) in [6.07, 6.45) is 0. The van der Waals surface area contributed by atoms with Gasteiger partial charge in [-0.25, -0.2) is 9.18 Å². The average molecular weight is 472 g/mol. The standard InChI is InChI=1S/C26H26FN7O/c27-22-11-13-23(14-12-22)34-24(29-30-31-34)19-32-15-17-33(18-16-32)26(35)28-25(20-7-3-1-4-8-20)21-9-5-2-6-10-21/h1-14,25H,15-19H2,(H,28,35). The van der Waals surface area contributed by atoms with E-state index in [0.29, 0.717) is 44.2 Å². The Morgan fingerprint density at radius 2 is 1.46 bits per heavy atom. The summed E-state index contributed by atoms with van der Waals surface area (Å²) in [4.78, 5) is 17.2. The highest BCUT2D eigenvalue weighted by Crippen LogP contribution is 2.22. The maximum Gasteiger partial charge on any atom is 0.318 e. The molecule has 1 N–H and O–H groups in total. The first-order chi connectivity index (χ1) is 17.2. The van der Waals surface area contributed by atoms with Crippen molar-refractivity contribution < 1.29 is 9.18 Å².